The van der Waals surface area contributed by atoms with Crippen molar-refractivity contribution < 1.29 is 17.6 Å². The quantitative estimate of drug-likeness (QED) is 0.808. The number of carbonyl (C=O) groups excluding carboxylic acids is 1. The van der Waals surface area contributed by atoms with Gasteiger partial charge in [0, 0.05) is 32.2 Å². The van der Waals surface area contributed by atoms with Crippen molar-refractivity contribution in [2.75, 3.05) is 32.7 Å². The average Bonchev–Trinajstić information content (AvgIpc) is 2.67. The van der Waals surface area contributed by atoms with Gasteiger partial charge in [-0.2, -0.15) is 4.31 Å². The van der Waals surface area contributed by atoms with Crippen molar-refractivity contribution in [2.45, 2.75) is 55.9 Å². The van der Waals surface area contributed by atoms with E-state index < -0.39 is 15.8 Å². The number of hydrogen-bond acceptors (Lipinski definition) is 4. The molecule has 0 aromatic heterocycles. The summed E-state index contributed by atoms with van der Waals surface area (Å²) < 4.78 is 40.5. The van der Waals surface area contributed by atoms with Gasteiger partial charge in [0.15, 0.2) is 0 Å². The normalized spacial score (nSPS) is 20.5. The summed E-state index contributed by atoms with van der Waals surface area (Å²) >= 11 is 0. The van der Waals surface area contributed by atoms with Crippen LogP contribution in [0.3, 0.4) is 0 Å². The second-order valence-electron chi connectivity index (χ2n) is 7.64. The van der Waals surface area contributed by atoms with Crippen molar-refractivity contribution in [1.29, 1.82) is 0 Å². The first kappa shape index (κ1) is 21.2. The number of benzene rings is 1. The molecule has 28 heavy (non-hydrogen) atoms. The first-order chi connectivity index (χ1) is 13.5. The lowest BCUT2D eigenvalue weighted by molar-refractivity contribution is -0.131. The third-order valence-electron chi connectivity index (χ3n) is 5.69. The molecule has 1 aromatic rings. The predicted octanol–water partition coefficient (Wildman–Crippen LogP) is 2.36. The Balaban J connectivity index is 1.49. The summed E-state index contributed by atoms with van der Waals surface area (Å²) in [7, 11) is -3.87. The second-order valence-corrected chi connectivity index (χ2v) is 9.54. The number of halogens is 1. The van der Waals surface area contributed by atoms with Crippen LogP contribution in [0.5, 0.6) is 0 Å². The van der Waals surface area contributed by atoms with E-state index in [1.165, 1.54) is 54.6 Å². The van der Waals surface area contributed by atoms with Gasteiger partial charge in [-0.15, -0.1) is 0 Å². The molecular weight excluding hydrogens is 381 g/mol. The van der Waals surface area contributed by atoms with Crippen molar-refractivity contribution >= 4 is 15.9 Å². The van der Waals surface area contributed by atoms with E-state index in [1.54, 1.807) is 4.90 Å². The molecule has 3 rings (SSSR count). The number of sulfonamides is 1. The number of hydrogen-bond donors (Lipinski definition) is 1. The van der Waals surface area contributed by atoms with E-state index in [4.69, 9.17) is 0 Å². The number of nitrogens with zero attached hydrogens (tertiary/aromatic N) is 2. The fraction of sp³-hybridized carbons (Fsp3) is 0.650. The summed E-state index contributed by atoms with van der Waals surface area (Å²) in [6, 6.07) is 5.80. The lowest BCUT2D eigenvalue weighted by Gasteiger charge is -2.34. The highest BCUT2D eigenvalue weighted by molar-refractivity contribution is 7.89. The Morgan fingerprint density at radius 3 is 2.25 bits per heavy atom. The molecule has 1 N–H and O–H groups in total. The number of piperazine rings is 1. The molecule has 1 aromatic carbocycles. The van der Waals surface area contributed by atoms with Crippen LogP contribution in [0.2, 0.25) is 0 Å². The predicted molar refractivity (Wildman–Crippen MR) is 106 cm³/mol. The van der Waals surface area contributed by atoms with Gasteiger partial charge >= 0.3 is 0 Å². The summed E-state index contributed by atoms with van der Waals surface area (Å²) in [6.45, 7) is 1.33. The maximum Gasteiger partial charge on any atom is 0.246 e. The summed E-state index contributed by atoms with van der Waals surface area (Å²) in [6.07, 6.45) is 8.49. The van der Waals surface area contributed by atoms with Crippen LogP contribution >= 0.6 is 0 Å². The molecule has 1 saturated heterocycles. The Morgan fingerprint density at radius 1 is 1.00 bits per heavy atom. The molecule has 1 saturated carbocycles. The molecule has 2 fully saturated rings. The number of amides is 1. The van der Waals surface area contributed by atoms with Gasteiger partial charge < -0.3 is 10.2 Å². The van der Waals surface area contributed by atoms with Crippen molar-refractivity contribution in [3.8, 4) is 0 Å². The van der Waals surface area contributed by atoms with E-state index in [2.05, 4.69) is 5.32 Å². The third-order valence-corrected chi connectivity index (χ3v) is 7.62. The van der Waals surface area contributed by atoms with Crippen LogP contribution < -0.4 is 5.32 Å². The van der Waals surface area contributed by atoms with Gasteiger partial charge in [0.25, 0.3) is 0 Å². The Bertz CT molecular complexity index is 756. The number of carbonyl (C=O) groups is 1. The van der Waals surface area contributed by atoms with E-state index in [9.17, 15) is 17.6 Å². The standard InChI is InChI=1S/C20H30FN3O3S/c21-18-10-6-7-11-19(18)28(26,27)24-14-12-23(13-15-24)20(25)16-22-17-8-4-2-1-3-5-9-17/h6-7,10-11,17,22H,1-5,8-9,12-16H2. The van der Waals surface area contributed by atoms with E-state index in [-0.39, 0.29) is 23.9 Å². The largest absolute Gasteiger partial charge is 0.339 e. The van der Waals surface area contributed by atoms with E-state index in [1.807, 2.05) is 0 Å². The molecule has 0 radical (unpaired) electrons. The van der Waals surface area contributed by atoms with E-state index in [0.29, 0.717) is 25.7 Å². The van der Waals surface area contributed by atoms with Gasteiger partial charge in [-0.25, -0.2) is 12.8 Å². The van der Waals surface area contributed by atoms with Gasteiger partial charge in [0.05, 0.1) is 6.54 Å². The smallest absolute Gasteiger partial charge is 0.246 e. The Hall–Kier alpha value is -1.51. The summed E-state index contributed by atoms with van der Waals surface area (Å²) in [5.41, 5.74) is 0. The molecule has 1 aliphatic carbocycles. The minimum Gasteiger partial charge on any atom is -0.339 e. The van der Waals surface area contributed by atoms with Gasteiger partial charge in [-0.1, -0.05) is 44.2 Å². The zero-order valence-corrected chi connectivity index (χ0v) is 17.1. The molecule has 6 nitrogen and oxygen atoms in total. The minimum absolute atomic E-state index is 0.00463. The molecular formula is C20H30FN3O3S. The zero-order chi connectivity index (χ0) is 20.0. The van der Waals surface area contributed by atoms with Gasteiger partial charge in [0.2, 0.25) is 15.9 Å². The summed E-state index contributed by atoms with van der Waals surface area (Å²) in [5, 5.41) is 3.39. The molecule has 2 aliphatic rings. The monoisotopic (exact) mass is 411 g/mol. The van der Waals surface area contributed by atoms with Crippen LogP contribution in [0, 0.1) is 5.82 Å². The number of nitrogens with one attached hydrogen (secondary N) is 1. The van der Waals surface area contributed by atoms with Crippen LogP contribution in [-0.4, -0.2) is 62.3 Å². The molecule has 0 atom stereocenters. The topological polar surface area (TPSA) is 69.7 Å². The fourth-order valence-electron chi connectivity index (χ4n) is 3.97. The maximum atomic E-state index is 13.9. The van der Waals surface area contributed by atoms with E-state index >= 15 is 0 Å². The Labute approximate surface area is 167 Å². The van der Waals surface area contributed by atoms with Crippen LogP contribution in [0.1, 0.15) is 44.9 Å². The molecule has 8 heteroatoms. The van der Waals surface area contributed by atoms with Crippen molar-refractivity contribution in [3.63, 3.8) is 0 Å². The lowest BCUT2D eigenvalue weighted by Crippen LogP contribution is -2.52. The molecule has 156 valence electrons. The molecule has 0 unspecified atom stereocenters. The molecule has 1 aliphatic heterocycles. The van der Waals surface area contributed by atoms with Crippen LogP contribution in [0.4, 0.5) is 4.39 Å². The fourth-order valence-corrected chi connectivity index (χ4v) is 5.46. The highest BCUT2D eigenvalue weighted by Crippen LogP contribution is 2.20. The Kier molecular flexibility index (Phi) is 7.42. The van der Waals surface area contributed by atoms with Crippen molar-refractivity contribution in [3.05, 3.63) is 30.1 Å². The number of rotatable bonds is 5. The lowest BCUT2D eigenvalue weighted by atomic mass is 9.97. The molecule has 1 amide bonds. The van der Waals surface area contributed by atoms with Gasteiger partial charge in [-0.05, 0) is 25.0 Å². The maximum absolute atomic E-state index is 13.9. The van der Waals surface area contributed by atoms with E-state index in [0.717, 1.165) is 18.9 Å². The first-order valence-electron chi connectivity index (χ1n) is 10.2. The average molecular weight is 412 g/mol. The second kappa shape index (κ2) is 9.80. The Morgan fingerprint density at radius 2 is 1.61 bits per heavy atom. The summed E-state index contributed by atoms with van der Waals surface area (Å²) in [4.78, 5) is 13.9. The van der Waals surface area contributed by atoms with Gasteiger partial charge in [0.1, 0.15) is 10.7 Å². The van der Waals surface area contributed by atoms with Crippen LogP contribution in [0.15, 0.2) is 29.2 Å². The SMILES string of the molecule is O=C(CNC1CCCCCCC1)N1CCN(S(=O)(=O)c2ccccc2F)CC1. The molecule has 0 spiro atoms. The van der Waals surface area contributed by atoms with Crippen LogP contribution in [-0.2, 0) is 14.8 Å². The third kappa shape index (κ3) is 5.30. The van der Waals surface area contributed by atoms with Crippen molar-refractivity contribution in [2.24, 2.45) is 0 Å². The zero-order valence-electron chi connectivity index (χ0n) is 16.3. The van der Waals surface area contributed by atoms with Gasteiger partial charge in [-0.3, -0.25) is 4.79 Å². The molecule has 0 bridgehead atoms. The molecule has 1 heterocycles. The summed E-state index contributed by atoms with van der Waals surface area (Å²) in [5.74, 6) is -0.741. The minimum atomic E-state index is -3.87. The first-order valence-corrected chi connectivity index (χ1v) is 11.7. The van der Waals surface area contributed by atoms with Crippen LogP contribution in [0.25, 0.3) is 0 Å². The van der Waals surface area contributed by atoms with Crippen molar-refractivity contribution in [1.82, 2.24) is 14.5 Å². The highest BCUT2D eigenvalue weighted by atomic mass is 32.2. The highest BCUT2D eigenvalue weighted by Gasteiger charge is 2.31.